The first-order valence-electron chi connectivity index (χ1n) is 5.85. The molecule has 1 saturated heterocycles. The number of non-ortho nitro benzene ring substituents is 1. The van der Waals surface area contributed by atoms with Crippen molar-refractivity contribution in [2.45, 2.75) is 19.4 Å². The van der Waals surface area contributed by atoms with Crippen LogP contribution in [0.2, 0.25) is 0 Å². The Morgan fingerprint density at radius 2 is 2.26 bits per heavy atom. The van der Waals surface area contributed by atoms with Crippen molar-refractivity contribution in [3.63, 3.8) is 0 Å². The molecule has 0 aromatic heterocycles. The van der Waals surface area contributed by atoms with E-state index >= 15 is 0 Å². The van der Waals surface area contributed by atoms with Crippen molar-refractivity contribution in [1.82, 2.24) is 0 Å². The van der Waals surface area contributed by atoms with Gasteiger partial charge in [-0.2, -0.15) is 0 Å². The molecule has 6 nitrogen and oxygen atoms in total. The Morgan fingerprint density at radius 1 is 1.58 bits per heavy atom. The third-order valence-corrected chi connectivity index (χ3v) is 4.16. The lowest BCUT2D eigenvalue weighted by atomic mass is 10.0. The number of rotatable bonds is 3. The van der Waals surface area contributed by atoms with Crippen LogP contribution in [0.1, 0.15) is 13.3 Å². The molecule has 2 atom stereocenters. The smallest absolute Gasteiger partial charge is 0.308 e. The molecule has 1 heterocycles. The number of anilines is 1. The van der Waals surface area contributed by atoms with E-state index in [-0.39, 0.29) is 11.7 Å². The van der Waals surface area contributed by atoms with E-state index in [0.29, 0.717) is 17.4 Å². The Labute approximate surface area is 118 Å². The number of hydrogen-bond acceptors (Lipinski definition) is 4. The minimum absolute atomic E-state index is 0.0114. The molecule has 19 heavy (non-hydrogen) atoms. The SMILES string of the molecule is CC1C(C(=O)O)CCN1c1ccc([N+](=O)[O-])cc1Br. The van der Waals surface area contributed by atoms with Crippen LogP contribution >= 0.6 is 15.9 Å². The molecule has 0 spiro atoms. The van der Waals surface area contributed by atoms with Crippen molar-refractivity contribution >= 4 is 33.3 Å². The van der Waals surface area contributed by atoms with Crippen LogP contribution in [0.15, 0.2) is 22.7 Å². The minimum Gasteiger partial charge on any atom is -0.481 e. The third-order valence-electron chi connectivity index (χ3n) is 3.52. The van der Waals surface area contributed by atoms with Crippen LogP contribution in [0.4, 0.5) is 11.4 Å². The quantitative estimate of drug-likeness (QED) is 0.681. The van der Waals surface area contributed by atoms with Crippen LogP contribution in [0.5, 0.6) is 0 Å². The van der Waals surface area contributed by atoms with Gasteiger partial charge in [-0.1, -0.05) is 0 Å². The van der Waals surface area contributed by atoms with E-state index in [0.717, 1.165) is 5.69 Å². The molecular formula is C12H13BrN2O4. The van der Waals surface area contributed by atoms with Gasteiger partial charge in [-0.3, -0.25) is 14.9 Å². The fourth-order valence-electron chi connectivity index (χ4n) is 2.45. The van der Waals surface area contributed by atoms with E-state index < -0.39 is 16.8 Å². The number of nitro groups is 1. The number of nitrogens with zero attached hydrogens (tertiary/aromatic N) is 2. The minimum atomic E-state index is -0.798. The summed E-state index contributed by atoms with van der Waals surface area (Å²) in [6.07, 6.45) is 0.583. The van der Waals surface area contributed by atoms with Gasteiger partial charge >= 0.3 is 5.97 Å². The molecule has 0 saturated carbocycles. The lowest BCUT2D eigenvalue weighted by Crippen LogP contribution is -2.33. The summed E-state index contributed by atoms with van der Waals surface area (Å²) in [6.45, 7) is 2.49. The average molecular weight is 329 g/mol. The van der Waals surface area contributed by atoms with Crippen molar-refractivity contribution in [1.29, 1.82) is 0 Å². The van der Waals surface area contributed by atoms with Crippen molar-refractivity contribution < 1.29 is 14.8 Å². The number of carbonyl (C=O) groups is 1. The topological polar surface area (TPSA) is 83.7 Å². The van der Waals surface area contributed by atoms with Gasteiger partial charge in [-0.15, -0.1) is 0 Å². The van der Waals surface area contributed by atoms with Gasteiger partial charge in [0.2, 0.25) is 0 Å². The summed E-state index contributed by atoms with van der Waals surface area (Å²) < 4.78 is 0.611. The number of carboxylic acids is 1. The van der Waals surface area contributed by atoms with E-state index in [2.05, 4.69) is 15.9 Å². The van der Waals surface area contributed by atoms with E-state index in [4.69, 9.17) is 5.11 Å². The number of benzene rings is 1. The predicted octanol–water partition coefficient (Wildman–Crippen LogP) is 2.66. The number of halogens is 1. The fourth-order valence-corrected chi connectivity index (χ4v) is 3.05. The number of carboxylic acid groups (broad SMARTS) is 1. The molecule has 0 radical (unpaired) electrons. The molecule has 1 aromatic carbocycles. The van der Waals surface area contributed by atoms with E-state index in [1.165, 1.54) is 12.1 Å². The lowest BCUT2D eigenvalue weighted by molar-refractivity contribution is -0.384. The Morgan fingerprint density at radius 3 is 2.74 bits per heavy atom. The number of nitro benzene ring substituents is 1. The van der Waals surface area contributed by atoms with Crippen molar-refractivity contribution in [3.8, 4) is 0 Å². The molecule has 1 aliphatic rings. The van der Waals surface area contributed by atoms with Crippen molar-refractivity contribution in [2.75, 3.05) is 11.4 Å². The molecule has 0 amide bonds. The maximum atomic E-state index is 11.1. The second kappa shape index (κ2) is 5.16. The highest BCUT2D eigenvalue weighted by molar-refractivity contribution is 9.10. The molecule has 0 aliphatic carbocycles. The van der Waals surface area contributed by atoms with Gasteiger partial charge < -0.3 is 10.0 Å². The first-order valence-corrected chi connectivity index (χ1v) is 6.64. The van der Waals surface area contributed by atoms with Gasteiger partial charge in [0.15, 0.2) is 0 Å². The van der Waals surface area contributed by atoms with Crippen LogP contribution in [0.3, 0.4) is 0 Å². The van der Waals surface area contributed by atoms with E-state index in [9.17, 15) is 14.9 Å². The predicted molar refractivity (Wildman–Crippen MR) is 73.3 cm³/mol. The summed E-state index contributed by atoms with van der Waals surface area (Å²) in [5.41, 5.74) is 0.805. The molecular weight excluding hydrogens is 316 g/mol. The first-order chi connectivity index (χ1) is 8.91. The van der Waals surface area contributed by atoms with Crippen LogP contribution in [-0.2, 0) is 4.79 Å². The Kier molecular flexibility index (Phi) is 3.75. The number of aliphatic carboxylic acids is 1. The molecule has 102 valence electrons. The van der Waals surface area contributed by atoms with Crippen molar-refractivity contribution in [3.05, 3.63) is 32.8 Å². The second-order valence-electron chi connectivity index (χ2n) is 4.56. The molecule has 1 aliphatic heterocycles. The summed E-state index contributed by atoms with van der Waals surface area (Å²) >= 11 is 3.32. The Bertz CT molecular complexity index is 534. The van der Waals surface area contributed by atoms with Gasteiger partial charge in [0.1, 0.15) is 0 Å². The zero-order valence-corrected chi connectivity index (χ0v) is 11.8. The standard InChI is InChI=1S/C12H13BrN2O4/c1-7-9(12(16)17)4-5-14(7)11-3-2-8(15(18)19)6-10(11)13/h2-3,6-7,9H,4-5H2,1H3,(H,16,17). The highest BCUT2D eigenvalue weighted by Gasteiger charge is 2.36. The molecule has 1 fully saturated rings. The van der Waals surface area contributed by atoms with Crippen LogP contribution in [0, 0.1) is 16.0 Å². The van der Waals surface area contributed by atoms with Gasteiger partial charge in [0, 0.05) is 29.2 Å². The highest BCUT2D eigenvalue weighted by Crippen LogP contribution is 2.36. The zero-order valence-electron chi connectivity index (χ0n) is 10.2. The van der Waals surface area contributed by atoms with Crippen LogP contribution < -0.4 is 4.90 Å². The van der Waals surface area contributed by atoms with Crippen molar-refractivity contribution in [2.24, 2.45) is 5.92 Å². The van der Waals surface area contributed by atoms with Crippen LogP contribution in [0.25, 0.3) is 0 Å². The zero-order chi connectivity index (χ0) is 14.2. The molecule has 2 rings (SSSR count). The lowest BCUT2D eigenvalue weighted by Gasteiger charge is -2.26. The summed E-state index contributed by atoms with van der Waals surface area (Å²) in [7, 11) is 0. The first kappa shape index (κ1) is 13.8. The largest absolute Gasteiger partial charge is 0.481 e. The van der Waals surface area contributed by atoms with Gasteiger partial charge in [-0.05, 0) is 35.3 Å². The second-order valence-corrected chi connectivity index (χ2v) is 5.41. The maximum absolute atomic E-state index is 11.1. The summed E-state index contributed by atoms with van der Waals surface area (Å²) in [6, 6.07) is 4.40. The van der Waals surface area contributed by atoms with Gasteiger partial charge in [-0.25, -0.2) is 0 Å². The third kappa shape index (κ3) is 2.56. The molecule has 0 bridgehead atoms. The summed E-state index contributed by atoms with van der Waals surface area (Å²) in [5.74, 6) is -1.20. The van der Waals surface area contributed by atoms with E-state index in [1.54, 1.807) is 6.07 Å². The monoisotopic (exact) mass is 328 g/mol. The molecule has 1 N–H and O–H groups in total. The van der Waals surface area contributed by atoms with Crippen LogP contribution in [-0.4, -0.2) is 28.6 Å². The molecule has 7 heteroatoms. The summed E-state index contributed by atoms with van der Waals surface area (Å²) in [4.78, 5) is 23.3. The number of hydrogen-bond donors (Lipinski definition) is 1. The average Bonchev–Trinajstić information content (AvgIpc) is 2.71. The normalized spacial score (nSPS) is 22.5. The molecule has 2 unspecified atom stereocenters. The highest BCUT2D eigenvalue weighted by atomic mass is 79.9. The summed E-state index contributed by atoms with van der Waals surface area (Å²) in [5, 5.41) is 19.8. The van der Waals surface area contributed by atoms with E-state index in [1.807, 2.05) is 11.8 Å². The maximum Gasteiger partial charge on any atom is 0.308 e. The fraction of sp³-hybridized carbons (Fsp3) is 0.417. The van der Waals surface area contributed by atoms with Gasteiger partial charge in [0.25, 0.3) is 5.69 Å². The van der Waals surface area contributed by atoms with Gasteiger partial charge in [0.05, 0.1) is 16.5 Å². The Balaban J connectivity index is 2.28. The Hall–Kier alpha value is -1.63. The molecule has 1 aromatic rings.